The van der Waals surface area contributed by atoms with Gasteiger partial charge in [0.2, 0.25) is 0 Å². The van der Waals surface area contributed by atoms with Gasteiger partial charge < -0.3 is 9.47 Å². The van der Waals surface area contributed by atoms with Gasteiger partial charge in [-0.25, -0.2) is 9.97 Å². The maximum atomic E-state index is 5.26. The Morgan fingerprint density at radius 3 is 1.76 bits per heavy atom. The second-order valence-corrected chi connectivity index (χ2v) is 18.0. The van der Waals surface area contributed by atoms with Gasteiger partial charge in [0.25, 0.3) is 0 Å². The standard InChI is InChI=1S/C62H40N4S/c1-4-16-41(17-5-1)42-30-32-44(33-31-42)52-40-53(64-62(63-52)45-19-6-2-7-20-45)47-21-14-24-49(38-47)66-55-28-15-26-51(61(55)60-50-25-11-10-18-43(50)34-36-56(60)66)46-35-37-59-57(39-46)65(48-22-8-3-9-23-48)54-27-12-13-29-58(54)67-59/h1-40H. The summed E-state index contributed by atoms with van der Waals surface area (Å²) in [4.78, 5) is 15.3. The average molecular weight is 873 g/mol. The summed E-state index contributed by atoms with van der Waals surface area (Å²) in [5, 5.41) is 4.91. The predicted molar refractivity (Wildman–Crippen MR) is 280 cm³/mol. The molecule has 13 rings (SSSR count). The molecule has 67 heavy (non-hydrogen) atoms. The lowest BCUT2D eigenvalue weighted by molar-refractivity contribution is 1.16. The molecule has 0 aliphatic carbocycles. The summed E-state index contributed by atoms with van der Waals surface area (Å²) in [6, 6.07) is 87.0. The second kappa shape index (κ2) is 16.2. The van der Waals surface area contributed by atoms with Gasteiger partial charge in [0, 0.05) is 48.6 Å². The molecule has 5 heteroatoms. The van der Waals surface area contributed by atoms with Crippen molar-refractivity contribution in [2.75, 3.05) is 4.90 Å². The van der Waals surface area contributed by atoms with Gasteiger partial charge in [0.1, 0.15) is 0 Å². The zero-order valence-electron chi connectivity index (χ0n) is 36.3. The first kappa shape index (κ1) is 38.9. The van der Waals surface area contributed by atoms with Crippen molar-refractivity contribution in [3.8, 4) is 61.8 Å². The SMILES string of the molecule is c1ccc(-c2ccc(-c3cc(-c4cccc(-n5c6cccc(-c7ccc8c(c7)N(c7ccccc7)c7ccccc7S8)c6c6c7ccccc7ccc65)c4)nc(-c4ccccc4)n3)cc2)cc1. The fourth-order valence-corrected chi connectivity index (χ4v) is 10.9. The van der Waals surface area contributed by atoms with E-state index in [9.17, 15) is 0 Å². The molecule has 1 aliphatic rings. The van der Waals surface area contributed by atoms with Gasteiger partial charge >= 0.3 is 0 Å². The smallest absolute Gasteiger partial charge is 0.160 e. The van der Waals surface area contributed by atoms with Crippen LogP contribution < -0.4 is 4.90 Å². The summed E-state index contributed by atoms with van der Waals surface area (Å²) in [6.07, 6.45) is 0. The molecule has 4 nitrogen and oxygen atoms in total. The number of rotatable bonds is 7. The van der Waals surface area contributed by atoms with Gasteiger partial charge in [-0.15, -0.1) is 0 Å². The number of anilines is 3. The minimum atomic E-state index is 0.691. The highest BCUT2D eigenvalue weighted by atomic mass is 32.2. The van der Waals surface area contributed by atoms with Gasteiger partial charge in [-0.2, -0.15) is 0 Å². The first-order valence-corrected chi connectivity index (χ1v) is 23.5. The van der Waals surface area contributed by atoms with E-state index in [1.54, 1.807) is 0 Å². The van der Waals surface area contributed by atoms with Crippen LogP contribution in [0.5, 0.6) is 0 Å². The molecule has 0 saturated heterocycles. The molecule has 0 bridgehead atoms. The minimum Gasteiger partial charge on any atom is -0.309 e. The molecule has 0 saturated carbocycles. The van der Waals surface area contributed by atoms with Gasteiger partial charge in [-0.05, 0) is 99.8 Å². The molecule has 0 spiro atoms. The van der Waals surface area contributed by atoms with Crippen LogP contribution in [-0.2, 0) is 0 Å². The summed E-state index contributed by atoms with van der Waals surface area (Å²) in [7, 11) is 0. The van der Waals surface area contributed by atoms with Crippen LogP contribution in [0.3, 0.4) is 0 Å². The van der Waals surface area contributed by atoms with Gasteiger partial charge in [-0.1, -0.05) is 188 Å². The summed E-state index contributed by atoms with van der Waals surface area (Å²) in [5.74, 6) is 0.691. The molecule has 0 unspecified atom stereocenters. The van der Waals surface area contributed by atoms with Crippen molar-refractivity contribution in [3.63, 3.8) is 0 Å². The fraction of sp³-hybridized carbons (Fsp3) is 0. The van der Waals surface area contributed by atoms with E-state index in [4.69, 9.17) is 9.97 Å². The third kappa shape index (κ3) is 6.79. The summed E-state index contributed by atoms with van der Waals surface area (Å²) < 4.78 is 2.44. The quantitative estimate of drug-likeness (QED) is 0.160. The highest BCUT2D eigenvalue weighted by Crippen LogP contribution is 2.53. The van der Waals surface area contributed by atoms with Gasteiger partial charge in [0.15, 0.2) is 5.82 Å². The molecule has 10 aromatic carbocycles. The zero-order chi connectivity index (χ0) is 44.3. The van der Waals surface area contributed by atoms with Crippen molar-refractivity contribution < 1.29 is 0 Å². The van der Waals surface area contributed by atoms with Crippen LogP contribution in [0.2, 0.25) is 0 Å². The molecular formula is C62H40N4S. The van der Waals surface area contributed by atoms with Crippen LogP contribution in [0.1, 0.15) is 0 Å². The number of para-hydroxylation sites is 2. The van der Waals surface area contributed by atoms with E-state index in [1.807, 2.05) is 30.0 Å². The third-order valence-corrected chi connectivity index (χ3v) is 14.1. The van der Waals surface area contributed by atoms with E-state index >= 15 is 0 Å². The highest BCUT2D eigenvalue weighted by Gasteiger charge is 2.26. The Kier molecular flexibility index (Phi) is 9.39. The van der Waals surface area contributed by atoms with Crippen LogP contribution in [-0.4, -0.2) is 14.5 Å². The number of benzene rings is 10. The zero-order valence-corrected chi connectivity index (χ0v) is 37.1. The predicted octanol–water partition coefficient (Wildman–Crippen LogP) is 17.0. The first-order valence-electron chi connectivity index (χ1n) is 22.6. The monoisotopic (exact) mass is 872 g/mol. The molecular weight excluding hydrogens is 833 g/mol. The largest absolute Gasteiger partial charge is 0.309 e. The van der Waals surface area contributed by atoms with Crippen molar-refractivity contribution in [2.45, 2.75) is 9.79 Å². The van der Waals surface area contributed by atoms with Gasteiger partial charge in [-0.3, -0.25) is 0 Å². The molecule has 0 amide bonds. The molecule has 314 valence electrons. The Balaban J connectivity index is 0.985. The van der Waals surface area contributed by atoms with E-state index < -0.39 is 0 Å². The van der Waals surface area contributed by atoms with Crippen molar-refractivity contribution in [1.82, 2.24) is 14.5 Å². The van der Waals surface area contributed by atoms with Crippen molar-refractivity contribution >= 4 is 61.4 Å². The lowest BCUT2D eigenvalue weighted by Gasteiger charge is -2.33. The van der Waals surface area contributed by atoms with Crippen LogP contribution >= 0.6 is 11.8 Å². The maximum absolute atomic E-state index is 5.26. The molecule has 3 heterocycles. The second-order valence-electron chi connectivity index (χ2n) is 17.0. The Bertz CT molecular complexity index is 3830. The van der Waals surface area contributed by atoms with Crippen molar-refractivity contribution in [3.05, 3.63) is 243 Å². The summed E-state index contributed by atoms with van der Waals surface area (Å²) in [6.45, 7) is 0. The number of nitrogens with zero attached hydrogens (tertiary/aromatic N) is 4. The Morgan fingerprint density at radius 2 is 0.940 bits per heavy atom. The molecule has 1 aliphatic heterocycles. The summed E-state index contributed by atoms with van der Waals surface area (Å²) >= 11 is 1.84. The number of aromatic nitrogens is 3. The van der Waals surface area contributed by atoms with E-state index in [1.165, 1.54) is 65.0 Å². The van der Waals surface area contributed by atoms with Crippen LogP contribution in [0.25, 0.3) is 94.4 Å². The molecule has 12 aromatic rings. The highest BCUT2D eigenvalue weighted by molar-refractivity contribution is 7.99. The normalized spacial score (nSPS) is 12.1. The van der Waals surface area contributed by atoms with Crippen LogP contribution in [0.4, 0.5) is 17.1 Å². The Morgan fingerprint density at radius 1 is 0.343 bits per heavy atom. The Labute approximate surface area is 393 Å². The number of hydrogen-bond acceptors (Lipinski definition) is 4. The molecule has 0 radical (unpaired) electrons. The molecule has 0 fully saturated rings. The van der Waals surface area contributed by atoms with Gasteiger partial charge in [0.05, 0.1) is 33.8 Å². The van der Waals surface area contributed by atoms with E-state index in [0.29, 0.717) is 5.82 Å². The topological polar surface area (TPSA) is 34.0 Å². The molecule has 0 N–H and O–H groups in total. The maximum Gasteiger partial charge on any atom is 0.160 e. The fourth-order valence-electron chi connectivity index (χ4n) is 9.85. The lowest BCUT2D eigenvalue weighted by atomic mass is 9.96. The minimum absolute atomic E-state index is 0.691. The third-order valence-electron chi connectivity index (χ3n) is 13.0. The number of fused-ring (bicyclic) bond motifs is 7. The van der Waals surface area contributed by atoms with Crippen molar-refractivity contribution in [2.24, 2.45) is 0 Å². The van der Waals surface area contributed by atoms with E-state index in [2.05, 4.69) is 234 Å². The van der Waals surface area contributed by atoms with Crippen molar-refractivity contribution in [1.29, 1.82) is 0 Å². The van der Waals surface area contributed by atoms with Crippen LogP contribution in [0.15, 0.2) is 252 Å². The van der Waals surface area contributed by atoms with E-state index in [0.717, 1.165) is 50.5 Å². The Hall–Kier alpha value is -8.51. The molecule has 2 aromatic heterocycles. The first-order chi connectivity index (χ1) is 33.2. The number of hydrogen-bond donors (Lipinski definition) is 0. The van der Waals surface area contributed by atoms with E-state index in [-0.39, 0.29) is 0 Å². The average Bonchev–Trinajstić information content (AvgIpc) is 3.76. The van der Waals surface area contributed by atoms with Crippen LogP contribution in [0, 0.1) is 0 Å². The molecule has 0 atom stereocenters. The summed E-state index contributed by atoms with van der Waals surface area (Å²) in [5.41, 5.74) is 16.3. The lowest BCUT2D eigenvalue weighted by Crippen LogP contribution is -2.14.